The van der Waals surface area contributed by atoms with Gasteiger partial charge in [-0.15, -0.1) is 12.4 Å². The van der Waals surface area contributed by atoms with Gasteiger partial charge < -0.3 is 19.7 Å². The van der Waals surface area contributed by atoms with Crippen LogP contribution in [0.15, 0.2) is 24.3 Å². The van der Waals surface area contributed by atoms with Crippen LogP contribution in [0.3, 0.4) is 0 Å². The number of nitrogens with zero attached hydrogens (tertiary/aromatic N) is 1. The van der Waals surface area contributed by atoms with E-state index in [1.165, 1.54) is 12.1 Å². The Morgan fingerprint density at radius 1 is 1.33 bits per heavy atom. The molecule has 24 heavy (non-hydrogen) atoms. The number of halogens is 2. The van der Waals surface area contributed by atoms with Gasteiger partial charge in [0.05, 0.1) is 25.9 Å². The highest BCUT2D eigenvalue weighted by Gasteiger charge is 2.30. The molecule has 2 heterocycles. The van der Waals surface area contributed by atoms with E-state index in [4.69, 9.17) is 9.47 Å². The number of hydrogen-bond acceptors (Lipinski definition) is 4. The average molecular weight is 359 g/mol. The fraction of sp³-hybridized carbons (Fsp3) is 0.588. The first kappa shape index (κ1) is 19.1. The normalized spacial score (nSPS) is 27.4. The van der Waals surface area contributed by atoms with E-state index in [0.29, 0.717) is 32.7 Å². The molecule has 0 aliphatic carbocycles. The van der Waals surface area contributed by atoms with Crippen LogP contribution in [0.4, 0.5) is 4.39 Å². The SMILES string of the molecule is CC1CN(C(=O)CC2COCCN2)CC(c2ccc(F)cc2)O1.Cl. The zero-order chi connectivity index (χ0) is 16.2. The molecule has 3 atom stereocenters. The fourth-order valence-electron chi connectivity index (χ4n) is 3.11. The zero-order valence-corrected chi connectivity index (χ0v) is 14.6. The Morgan fingerprint density at radius 2 is 2.08 bits per heavy atom. The Hall–Kier alpha value is -1.21. The van der Waals surface area contributed by atoms with Crippen molar-refractivity contribution < 1.29 is 18.7 Å². The lowest BCUT2D eigenvalue weighted by atomic mass is 10.1. The van der Waals surface area contributed by atoms with Gasteiger partial charge in [-0.3, -0.25) is 4.79 Å². The molecule has 0 radical (unpaired) electrons. The summed E-state index contributed by atoms with van der Waals surface area (Å²) in [4.78, 5) is 14.4. The third-order valence-electron chi connectivity index (χ3n) is 4.27. The van der Waals surface area contributed by atoms with Crippen molar-refractivity contribution in [1.82, 2.24) is 10.2 Å². The topological polar surface area (TPSA) is 50.8 Å². The van der Waals surface area contributed by atoms with Crippen molar-refractivity contribution in [2.24, 2.45) is 0 Å². The minimum Gasteiger partial charge on any atom is -0.378 e. The Balaban J connectivity index is 0.00000208. The molecule has 1 aromatic rings. The third kappa shape index (κ3) is 4.89. The second-order valence-electron chi connectivity index (χ2n) is 6.22. The summed E-state index contributed by atoms with van der Waals surface area (Å²) in [7, 11) is 0. The molecule has 3 unspecified atom stereocenters. The Kier molecular flexibility index (Phi) is 6.98. The maximum Gasteiger partial charge on any atom is 0.224 e. The zero-order valence-electron chi connectivity index (χ0n) is 13.7. The van der Waals surface area contributed by atoms with Crippen LogP contribution in [0.2, 0.25) is 0 Å². The molecule has 3 rings (SSSR count). The van der Waals surface area contributed by atoms with Crippen LogP contribution in [0.25, 0.3) is 0 Å². The molecule has 1 N–H and O–H groups in total. The number of nitrogens with one attached hydrogen (secondary N) is 1. The summed E-state index contributed by atoms with van der Waals surface area (Å²) in [6.45, 7) is 5.11. The predicted octanol–water partition coefficient (Wildman–Crippen LogP) is 1.91. The molecule has 0 saturated carbocycles. The van der Waals surface area contributed by atoms with Gasteiger partial charge in [0.15, 0.2) is 0 Å². The quantitative estimate of drug-likeness (QED) is 0.896. The smallest absolute Gasteiger partial charge is 0.224 e. The van der Waals surface area contributed by atoms with Gasteiger partial charge in [-0.1, -0.05) is 12.1 Å². The lowest BCUT2D eigenvalue weighted by Crippen LogP contribution is -2.49. The molecular weight excluding hydrogens is 335 g/mol. The van der Waals surface area contributed by atoms with Crippen molar-refractivity contribution >= 4 is 18.3 Å². The van der Waals surface area contributed by atoms with E-state index in [9.17, 15) is 9.18 Å². The van der Waals surface area contributed by atoms with Crippen LogP contribution < -0.4 is 5.32 Å². The second kappa shape index (κ2) is 8.76. The van der Waals surface area contributed by atoms with E-state index >= 15 is 0 Å². The van der Waals surface area contributed by atoms with Gasteiger partial charge in [0.25, 0.3) is 0 Å². The fourth-order valence-corrected chi connectivity index (χ4v) is 3.11. The lowest BCUT2D eigenvalue weighted by Gasteiger charge is -2.38. The van der Waals surface area contributed by atoms with Crippen LogP contribution in [0.5, 0.6) is 0 Å². The average Bonchev–Trinajstić information content (AvgIpc) is 2.56. The van der Waals surface area contributed by atoms with Gasteiger partial charge in [-0.05, 0) is 24.6 Å². The van der Waals surface area contributed by atoms with E-state index in [2.05, 4.69) is 5.32 Å². The van der Waals surface area contributed by atoms with Crippen molar-refractivity contribution in [3.05, 3.63) is 35.6 Å². The highest BCUT2D eigenvalue weighted by Crippen LogP contribution is 2.26. The van der Waals surface area contributed by atoms with Gasteiger partial charge in [0.2, 0.25) is 5.91 Å². The minimum absolute atomic E-state index is 0. The molecular formula is C17H24ClFN2O3. The Bertz CT molecular complexity index is 537. The van der Waals surface area contributed by atoms with E-state index in [1.54, 1.807) is 12.1 Å². The standard InChI is InChI=1S/C17H23FN2O3.ClH/c1-12-9-20(17(21)8-15-11-22-7-6-19-15)10-16(23-12)13-2-4-14(18)5-3-13;/h2-5,12,15-16,19H,6-11H2,1H3;1H. The first-order valence-corrected chi connectivity index (χ1v) is 8.11. The van der Waals surface area contributed by atoms with Gasteiger partial charge >= 0.3 is 0 Å². The van der Waals surface area contributed by atoms with Gasteiger partial charge in [0.1, 0.15) is 11.9 Å². The molecule has 1 amide bonds. The first-order chi connectivity index (χ1) is 11.1. The summed E-state index contributed by atoms with van der Waals surface area (Å²) in [6, 6.07) is 6.37. The molecule has 2 aliphatic heterocycles. The summed E-state index contributed by atoms with van der Waals surface area (Å²) in [5.74, 6) is -0.163. The molecule has 0 bridgehead atoms. The van der Waals surface area contributed by atoms with Crippen LogP contribution in [0.1, 0.15) is 25.0 Å². The van der Waals surface area contributed by atoms with Gasteiger partial charge in [-0.2, -0.15) is 0 Å². The first-order valence-electron chi connectivity index (χ1n) is 8.11. The molecule has 5 nitrogen and oxygen atoms in total. The van der Waals surface area contributed by atoms with Gasteiger partial charge in [-0.25, -0.2) is 4.39 Å². The molecule has 0 aromatic heterocycles. The van der Waals surface area contributed by atoms with Crippen LogP contribution in [0, 0.1) is 5.82 Å². The van der Waals surface area contributed by atoms with E-state index in [-0.39, 0.29) is 42.4 Å². The number of morpholine rings is 2. The highest BCUT2D eigenvalue weighted by atomic mass is 35.5. The second-order valence-corrected chi connectivity index (χ2v) is 6.22. The van der Waals surface area contributed by atoms with Crippen molar-refractivity contribution in [3.63, 3.8) is 0 Å². The number of benzene rings is 1. The molecule has 2 aliphatic rings. The van der Waals surface area contributed by atoms with Crippen molar-refractivity contribution in [2.45, 2.75) is 31.6 Å². The molecule has 1 aromatic carbocycles. The van der Waals surface area contributed by atoms with Crippen LogP contribution in [-0.4, -0.2) is 55.8 Å². The number of ether oxygens (including phenoxy) is 2. The van der Waals surface area contributed by atoms with E-state index < -0.39 is 0 Å². The molecule has 0 spiro atoms. The number of amides is 1. The Labute approximate surface area is 147 Å². The molecule has 2 fully saturated rings. The summed E-state index contributed by atoms with van der Waals surface area (Å²) < 4.78 is 24.4. The largest absolute Gasteiger partial charge is 0.378 e. The molecule has 2 saturated heterocycles. The summed E-state index contributed by atoms with van der Waals surface area (Å²) in [5.41, 5.74) is 0.898. The van der Waals surface area contributed by atoms with Crippen molar-refractivity contribution in [2.75, 3.05) is 32.8 Å². The summed E-state index contributed by atoms with van der Waals surface area (Å²) in [5, 5.41) is 3.30. The highest BCUT2D eigenvalue weighted by molar-refractivity contribution is 5.85. The van der Waals surface area contributed by atoms with E-state index in [0.717, 1.165) is 12.1 Å². The number of rotatable bonds is 3. The minimum atomic E-state index is -0.270. The lowest BCUT2D eigenvalue weighted by molar-refractivity contribution is -0.146. The Morgan fingerprint density at radius 3 is 2.75 bits per heavy atom. The molecule has 7 heteroatoms. The van der Waals surface area contributed by atoms with E-state index in [1.807, 2.05) is 11.8 Å². The van der Waals surface area contributed by atoms with Crippen molar-refractivity contribution in [3.8, 4) is 0 Å². The third-order valence-corrected chi connectivity index (χ3v) is 4.27. The maximum absolute atomic E-state index is 13.1. The number of carbonyl (C=O) groups excluding carboxylic acids is 1. The van der Waals surface area contributed by atoms with Crippen molar-refractivity contribution in [1.29, 1.82) is 0 Å². The van der Waals surface area contributed by atoms with Gasteiger partial charge in [0, 0.05) is 25.6 Å². The monoisotopic (exact) mass is 358 g/mol. The summed E-state index contributed by atoms with van der Waals surface area (Å²) >= 11 is 0. The summed E-state index contributed by atoms with van der Waals surface area (Å²) in [6.07, 6.45) is 0.181. The molecule has 134 valence electrons. The van der Waals surface area contributed by atoms with Crippen LogP contribution >= 0.6 is 12.4 Å². The maximum atomic E-state index is 13.1. The number of hydrogen-bond donors (Lipinski definition) is 1. The predicted molar refractivity (Wildman–Crippen MR) is 90.7 cm³/mol. The number of carbonyl (C=O) groups is 1. The van der Waals surface area contributed by atoms with Crippen LogP contribution in [-0.2, 0) is 14.3 Å².